The van der Waals surface area contributed by atoms with Crippen LogP contribution in [0, 0.1) is 5.82 Å². The number of hydrogen-bond donors (Lipinski definition) is 1. The minimum absolute atomic E-state index is 0.257. The van der Waals surface area contributed by atoms with Crippen LogP contribution in [0.1, 0.15) is 17.3 Å². The van der Waals surface area contributed by atoms with Gasteiger partial charge in [-0.1, -0.05) is 23.4 Å². The van der Waals surface area contributed by atoms with Gasteiger partial charge in [0, 0.05) is 19.4 Å². The Hall–Kier alpha value is -1.75. The van der Waals surface area contributed by atoms with Gasteiger partial charge in [0.15, 0.2) is 5.82 Å². The maximum absolute atomic E-state index is 13.3. The fourth-order valence-corrected chi connectivity index (χ4v) is 1.40. The summed E-state index contributed by atoms with van der Waals surface area (Å²) in [5, 5.41) is 3.76. The van der Waals surface area contributed by atoms with E-state index in [1.807, 2.05) is 0 Å². The van der Waals surface area contributed by atoms with Crippen molar-refractivity contribution in [3.8, 4) is 0 Å². The van der Waals surface area contributed by atoms with Crippen LogP contribution in [0.3, 0.4) is 0 Å². The first-order chi connectivity index (χ1) is 7.79. The predicted molar refractivity (Wildman–Crippen MR) is 56.3 cm³/mol. The zero-order valence-electron chi connectivity index (χ0n) is 8.69. The number of aromatic nitrogens is 2. The first-order valence-corrected chi connectivity index (χ1v) is 5.04. The zero-order valence-corrected chi connectivity index (χ0v) is 8.69. The van der Waals surface area contributed by atoms with E-state index in [1.54, 1.807) is 18.2 Å². The van der Waals surface area contributed by atoms with Gasteiger partial charge in [-0.25, -0.2) is 4.39 Å². The van der Waals surface area contributed by atoms with E-state index >= 15 is 0 Å². The van der Waals surface area contributed by atoms with Crippen LogP contribution in [-0.2, 0) is 12.8 Å². The van der Waals surface area contributed by atoms with Gasteiger partial charge in [-0.15, -0.1) is 0 Å². The molecular formula is C11H12FN3O. The quantitative estimate of drug-likeness (QED) is 0.845. The van der Waals surface area contributed by atoms with Crippen LogP contribution < -0.4 is 5.73 Å². The normalized spacial score (nSPS) is 10.6. The highest BCUT2D eigenvalue weighted by atomic mass is 19.1. The molecule has 0 aliphatic carbocycles. The van der Waals surface area contributed by atoms with Crippen LogP contribution >= 0.6 is 0 Å². The summed E-state index contributed by atoms with van der Waals surface area (Å²) >= 11 is 0. The van der Waals surface area contributed by atoms with Gasteiger partial charge in [-0.05, 0) is 11.6 Å². The van der Waals surface area contributed by atoms with Gasteiger partial charge in [0.25, 0.3) is 0 Å². The summed E-state index contributed by atoms with van der Waals surface area (Å²) in [4.78, 5) is 4.11. The van der Waals surface area contributed by atoms with Crippen molar-refractivity contribution in [3.05, 3.63) is 47.4 Å². The highest BCUT2D eigenvalue weighted by Crippen LogP contribution is 2.11. The lowest BCUT2D eigenvalue weighted by molar-refractivity contribution is 0.375. The number of rotatable bonds is 4. The summed E-state index contributed by atoms with van der Waals surface area (Å²) in [6.07, 6.45) is 0.880. The molecule has 0 saturated heterocycles. The van der Waals surface area contributed by atoms with Crippen molar-refractivity contribution in [1.29, 1.82) is 0 Å². The summed E-state index contributed by atoms with van der Waals surface area (Å²) in [5.41, 5.74) is 5.92. The lowest BCUT2D eigenvalue weighted by Gasteiger charge is -1.97. The Bertz CT molecular complexity index is 470. The molecular weight excluding hydrogens is 209 g/mol. The lowest BCUT2D eigenvalue weighted by atomic mass is 10.1. The monoisotopic (exact) mass is 221 g/mol. The van der Waals surface area contributed by atoms with E-state index in [1.165, 1.54) is 6.07 Å². The molecule has 2 N–H and O–H groups in total. The molecule has 2 rings (SSSR count). The molecule has 1 aromatic heterocycles. The molecule has 0 unspecified atom stereocenters. The van der Waals surface area contributed by atoms with Crippen LogP contribution in [0.5, 0.6) is 0 Å². The molecule has 0 aliphatic heterocycles. The molecule has 0 spiro atoms. The standard InChI is InChI=1S/C11H12FN3O/c12-9-4-2-1-3-8(9)7-10-14-11(5-6-13)16-15-10/h1-4H,5-7,13H2. The van der Waals surface area contributed by atoms with Crippen LogP contribution in [0.4, 0.5) is 4.39 Å². The molecule has 84 valence electrons. The van der Waals surface area contributed by atoms with Gasteiger partial charge in [0.1, 0.15) is 5.82 Å². The Kier molecular flexibility index (Phi) is 3.26. The summed E-state index contributed by atoms with van der Waals surface area (Å²) in [6.45, 7) is 0.460. The molecule has 1 aromatic carbocycles. The lowest BCUT2D eigenvalue weighted by Crippen LogP contribution is -2.03. The molecule has 16 heavy (non-hydrogen) atoms. The van der Waals surface area contributed by atoms with E-state index in [0.717, 1.165) is 0 Å². The van der Waals surface area contributed by atoms with Crippen molar-refractivity contribution >= 4 is 0 Å². The average Bonchev–Trinajstić information content (AvgIpc) is 2.70. The third-order valence-corrected chi connectivity index (χ3v) is 2.17. The number of nitrogens with two attached hydrogens (primary N) is 1. The number of halogens is 1. The van der Waals surface area contributed by atoms with Gasteiger partial charge in [-0.3, -0.25) is 0 Å². The van der Waals surface area contributed by atoms with Gasteiger partial charge >= 0.3 is 0 Å². The predicted octanol–water partition coefficient (Wildman–Crippen LogP) is 1.30. The Balaban J connectivity index is 2.11. The molecule has 0 saturated carbocycles. The first kappa shape index (κ1) is 10.8. The zero-order chi connectivity index (χ0) is 11.4. The van der Waals surface area contributed by atoms with Crippen LogP contribution in [0.2, 0.25) is 0 Å². The second kappa shape index (κ2) is 4.85. The van der Waals surface area contributed by atoms with Crippen molar-refractivity contribution in [2.75, 3.05) is 6.54 Å². The minimum atomic E-state index is -0.257. The fraction of sp³-hybridized carbons (Fsp3) is 0.273. The second-order valence-corrected chi connectivity index (χ2v) is 3.41. The molecule has 5 heteroatoms. The average molecular weight is 221 g/mol. The third kappa shape index (κ3) is 2.43. The van der Waals surface area contributed by atoms with Crippen LogP contribution in [0.25, 0.3) is 0 Å². The largest absolute Gasteiger partial charge is 0.339 e. The molecule has 4 nitrogen and oxygen atoms in total. The third-order valence-electron chi connectivity index (χ3n) is 2.17. The maximum atomic E-state index is 13.3. The van der Waals surface area contributed by atoms with E-state index in [2.05, 4.69) is 10.1 Å². The van der Waals surface area contributed by atoms with Gasteiger partial charge in [-0.2, -0.15) is 4.98 Å². The molecule has 1 heterocycles. The first-order valence-electron chi connectivity index (χ1n) is 5.04. The summed E-state index contributed by atoms with van der Waals surface area (Å²) in [7, 11) is 0. The molecule has 0 radical (unpaired) electrons. The number of hydrogen-bond acceptors (Lipinski definition) is 4. The topological polar surface area (TPSA) is 64.9 Å². The Morgan fingerprint density at radius 3 is 2.88 bits per heavy atom. The fourth-order valence-electron chi connectivity index (χ4n) is 1.40. The summed E-state index contributed by atoms with van der Waals surface area (Å²) < 4.78 is 18.3. The minimum Gasteiger partial charge on any atom is -0.339 e. The smallest absolute Gasteiger partial charge is 0.227 e. The second-order valence-electron chi connectivity index (χ2n) is 3.41. The van der Waals surface area contributed by atoms with E-state index in [-0.39, 0.29) is 5.82 Å². The van der Waals surface area contributed by atoms with Gasteiger partial charge in [0.05, 0.1) is 0 Å². The van der Waals surface area contributed by atoms with E-state index in [0.29, 0.717) is 36.7 Å². The van der Waals surface area contributed by atoms with Crippen molar-refractivity contribution in [2.45, 2.75) is 12.8 Å². The van der Waals surface area contributed by atoms with Gasteiger partial charge in [0.2, 0.25) is 5.89 Å². The summed E-state index contributed by atoms with van der Waals surface area (Å²) in [6, 6.07) is 6.54. The van der Waals surface area contributed by atoms with E-state index < -0.39 is 0 Å². The van der Waals surface area contributed by atoms with Crippen LogP contribution in [0.15, 0.2) is 28.8 Å². The molecule has 0 bridgehead atoms. The van der Waals surface area contributed by atoms with Crippen molar-refractivity contribution in [1.82, 2.24) is 10.1 Å². The molecule has 0 atom stereocenters. The van der Waals surface area contributed by atoms with E-state index in [9.17, 15) is 4.39 Å². The molecule has 2 aromatic rings. The van der Waals surface area contributed by atoms with E-state index in [4.69, 9.17) is 10.3 Å². The highest BCUT2D eigenvalue weighted by molar-refractivity contribution is 5.20. The maximum Gasteiger partial charge on any atom is 0.227 e. The summed E-state index contributed by atoms with van der Waals surface area (Å²) in [5.74, 6) is 0.718. The molecule has 0 fully saturated rings. The van der Waals surface area contributed by atoms with Crippen molar-refractivity contribution < 1.29 is 8.91 Å². The SMILES string of the molecule is NCCc1nc(Cc2ccccc2F)no1. The Morgan fingerprint density at radius 1 is 1.31 bits per heavy atom. The Labute approximate surface area is 92.3 Å². The number of nitrogens with zero attached hydrogens (tertiary/aromatic N) is 2. The van der Waals surface area contributed by atoms with Crippen LogP contribution in [-0.4, -0.2) is 16.7 Å². The van der Waals surface area contributed by atoms with Gasteiger partial charge < -0.3 is 10.3 Å². The molecule has 0 amide bonds. The van der Waals surface area contributed by atoms with Crippen molar-refractivity contribution in [3.63, 3.8) is 0 Å². The molecule has 0 aliphatic rings. The highest BCUT2D eigenvalue weighted by Gasteiger charge is 2.08. The number of benzene rings is 1. The Morgan fingerprint density at radius 2 is 2.12 bits per heavy atom. The van der Waals surface area contributed by atoms with Crippen molar-refractivity contribution in [2.24, 2.45) is 5.73 Å².